The van der Waals surface area contributed by atoms with E-state index in [1.54, 1.807) is 26.8 Å². The largest absolute Gasteiger partial charge is 0.543 e. The van der Waals surface area contributed by atoms with Gasteiger partial charge in [0.15, 0.2) is 0 Å². The first-order chi connectivity index (χ1) is 11.1. The predicted octanol–water partition coefficient (Wildman–Crippen LogP) is 5.33. The Morgan fingerprint density at radius 3 is 2.16 bits per heavy atom. The molecular weight excluding hydrogens is 340 g/mol. The molecule has 0 saturated carbocycles. The zero-order valence-corrected chi connectivity index (χ0v) is 17.2. The van der Waals surface area contributed by atoms with Crippen molar-refractivity contribution in [1.29, 1.82) is 0 Å². The SMILES string of the molecule is CC(C)(C)OC(=O)Nc1ccc(O[Si](C)(C)C(C)(C)C)cc1[N+](=O)[O-]. The number of carbonyl (C=O) groups is 1. The maximum absolute atomic E-state index is 11.9. The quantitative estimate of drug-likeness (QED) is 0.441. The zero-order valence-electron chi connectivity index (χ0n) is 16.2. The molecule has 8 heteroatoms. The third kappa shape index (κ3) is 6.04. The van der Waals surface area contributed by atoms with Gasteiger partial charge < -0.3 is 9.16 Å². The zero-order chi connectivity index (χ0) is 19.6. The molecule has 0 fully saturated rings. The second-order valence-corrected chi connectivity index (χ2v) is 13.2. The highest BCUT2D eigenvalue weighted by molar-refractivity contribution is 6.74. The molecule has 7 nitrogen and oxygen atoms in total. The minimum Gasteiger partial charge on any atom is -0.543 e. The fraction of sp³-hybridized carbons (Fsp3) is 0.588. The first-order valence-electron chi connectivity index (χ1n) is 8.10. The lowest BCUT2D eigenvalue weighted by Crippen LogP contribution is -2.43. The predicted molar refractivity (Wildman–Crippen MR) is 101 cm³/mol. The second kappa shape index (κ2) is 7.03. The molecule has 0 radical (unpaired) electrons. The number of carbonyl (C=O) groups excluding carboxylic acids is 1. The maximum atomic E-state index is 11.9. The van der Waals surface area contributed by atoms with E-state index < -0.39 is 24.9 Å². The van der Waals surface area contributed by atoms with Crippen molar-refractivity contribution in [2.24, 2.45) is 0 Å². The molecule has 0 saturated heterocycles. The number of ether oxygens (including phenoxy) is 1. The van der Waals surface area contributed by atoms with Gasteiger partial charge in [-0.05, 0) is 51.0 Å². The van der Waals surface area contributed by atoms with E-state index in [1.807, 2.05) is 0 Å². The summed E-state index contributed by atoms with van der Waals surface area (Å²) in [6.07, 6.45) is -0.742. The summed E-state index contributed by atoms with van der Waals surface area (Å²) >= 11 is 0. The Balaban J connectivity index is 3.08. The van der Waals surface area contributed by atoms with Gasteiger partial charge >= 0.3 is 6.09 Å². The molecule has 0 aliphatic heterocycles. The van der Waals surface area contributed by atoms with Crippen LogP contribution in [0.3, 0.4) is 0 Å². The van der Waals surface area contributed by atoms with Crippen LogP contribution in [0, 0.1) is 10.1 Å². The topological polar surface area (TPSA) is 90.7 Å². The van der Waals surface area contributed by atoms with Crippen molar-refractivity contribution >= 4 is 25.8 Å². The fourth-order valence-electron chi connectivity index (χ4n) is 1.69. The molecule has 0 aliphatic rings. The summed E-state index contributed by atoms with van der Waals surface area (Å²) in [6, 6.07) is 4.43. The Morgan fingerprint density at radius 2 is 1.72 bits per heavy atom. The number of anilines is 1. The Labute approximate surface area is 150 Å². The van der Waals surface area contributed by atoms with Gasteiger partial charge in [0.05, 0.1) is 11.0 Å². The minimum atomic E-state index is -2.12. The lowest BCUT2D eigenvalue weighted by atomic mass is 10.2. The van der Waals surface area contributed by atoms with E-state index in [9.17, 15) is 14.9 Å². The third-order valence-electron chi connectivity index (χ3n) is 3.98. The van der Waals surface area contributed by atoms with Crippen LogP contribution in [0.1, 0.15) is 41.5 Å². The molecule has 1 rings (SSSR count). The summed E-state index contributed by atoms with van der Waals surface area (Å²) in [5, 5.41) is 13.8. The van der Waals surface area contributed by atoms with E-state index in [0.29, 0.717) is 5.75 Å². The highest BCUT2D eigenvalue weighted by Gasteiger charge is 2.39. The molecule has 0 heterocycles. The van der Waals surface area contributed by atoms with Crippen molar-refractivity contribution < 1.29 is 18.9 Å². The second-order valence-electron chi connectivity index (χ2n) is 8.43. The smallest absolute Gasteiger partial charge is 0.412 e. The van der Waals surface area contributed by atoms with Crippen LogP contribution in [-0.2, 0) is 4.74 Å². The number of amides is 1. The average molecular weight is 369 g/mol. The van der Waals surface area contributed by atoms with Crippen molar-refractivity contribution in [3.8, 4) is 5.75 Å². The Hall–Kier alpha value is -2.09. The molecule has 1 N–H and O–H groups in total. The number of hydrogen-bond donors (Lipinski definition) is 1. The van der Waals surface area contributed by atoms with Crippen LogP contribution in [0.15, 0.2) is 18.2 Å². The lowest BCUT2D eigenvalue weighted by Gasteiger charge is -2.36. The normalized spacial score (nSPS) is 12.5. The monoisotopic (exact) mass is 368 g/mol. The van der Waals surface area contributed by atoms with Crippen molar-refractivity contribution in [3.63, 3.8) is 0 Å². The molecule has 25 heavy (non-hydrogen) atoms. The van der Waals surface area contributed by atoms with Crippen LogP contribution in [0.5, 0.6) is 5.75 Å². The molecule has 1 aromatic rings. The Bertz CT molecular complexity index is 660. The van der Waals surface area contributed by atoms with Gasteiger partial charge in [-0.25, -0.2) is 4.79 Å². The van der Waals surface area contributed by atoms with E-state index in [2.05, 4.69) is 39.2 Å². The number of hydrogen-bond acceptors (Lipinski definition) is 5. The number of rotatable bonds is 4. The number of benzene rings is 1. The van der Waals surface area contributed by atoms with Crippen molar-refractivity contribution in [1.82, 2.24) is 0 Å². The van der Waals surface area contributed by atoms with Crippen LogP contribution >= 0.6 is 0 Å². The molecule has 0 bridgehead atoms. The first kappa shape index (κ1) is 21.0. The first-order valence-corrected chi connectivity index (χ1v) is 11.0. The van der Waals surface area contributed by atoms with Crippen LogP contribution in [-0.4, -0.2) is 24.9 Å². The van der Waals surface area contributed by atoms with Gasteiger partial charge in [-0.15, -0.1) is 0 Å². The summed E-state index contributed by atoms with van der Waals surface area (Å²) in [4.78, 5) is 22.7. The van der Waals surface area contributed by atoms with Gasteiger partial charge in [-0.1, -0.05) is 20.8 Å². The van der Waals surface area contributed by atoms with E-state index in [1.165, 1.54) is 12.1 Å². The third-order valence-corrected chi connectivity index (χ3v) is 8.34. The molecule has 0 spiro atoms. The van der Waals surface area contributed by atoms with Crippen molar-refractivity contribution in [3.05, 3.63) is 28.3 Å². The summed E-state index contributed by atoms with van der Waals surface area (Å²) in [5.74, 6) is 0.424. The van der Waals surface area contributed by atoms with E-state index >= 15 is 0 Å². The van der Waals surface area contributed by atoms with Crippen molar-refractivity contribution in [2.45, 2.75) is 65.3 Å². The molecule has 1 aromatic carbocycles. The van der Waals surface area contributed by atoms with Crippen LogP contribution in [0.2, 0.25) is 18.1 Å². The number of nitro benzene ring substituents is 1. The molecule has 0 atom stereocenters. The van der Waals surface area contributed by atoms with Crippen LogP contribution < -0.4 is 9.74 Å². The number of nitrogens with zero attached hydrogens (tertiary/aromatic N) is 1. The summed E-state index contributed by atoms with van der Waals surface area (Å²) in [5.41, 5.74) is -0.853. The van der Waals surface area contributed by atoms with Gasteiger partial charge in [0, 0.05) is 0 Å². The summed E-state index contributed by atoms with van der Waals surface area (Å²) in [7, 11) is -2.12. The molecule has 0 aromatic heterocycles. The van der Waals surface area contributed by atoms with Gasteiger partial charge in [-0.3, -0.25) is 15.4 Å². The number of nitrogens with one attached hydrogen (secondary N) is 1. The fourth-order valence-corrected chi connectivity index (χ4v) is 2.72. The van der Waals surface area contributed by atoms with E-state index in [0.717, 1.165) is 0 Å². The van der Waals surface area contributed by atoms with E-state index in [4.69, 9.17) is 9.16 Å². The van der Waals surface area contributed by atoms with Gasteiger partial charge in [-0.2, -0.15) is 0 Å². The Morgan fingerprint density at radius 1 is 1.16 bits per heavy atom. The van der Waals surface area contributed by atoms with E-state index in [-0.39, 0.29) is 16.4 Å². The molecular formula is C17H28N2O5Si. The highest BCUT2D eigenvalue weighted by atomic mass is 28.4. The maximum Gasteiger partial charge on any atom is 0.412 e. The molecule has 0 unspecified atom stereocenters. The highest BCUT2D eigenvalue weighted by Crippen LogP contribution is 2.39. The Kier molecular flexibility index (Phi) is 5.89. The summed E-state index contributed by atoms with van der Waals surface area (Å²) < 4.78 is 11.2. The number of nitro groups is 1. The molecule has 140 valence electrons. The van der Waals surface area contributed by atoms with Gasteiger partial charge in [0.25, 0.3) is 5.69 Å². The standard InChI is InChI=1S/C17H28N2O5Si/c1-16(2,3)23-15(20)18-13-10-9-12(11-14(13)19(21)22)24-25(7,8)17(4,5)6/h9-11H,1-8H3,(H,18,20). The molecule has 1 amide bonds. The van der Waals surface area contributed by atoms with Crippen LogP contribution in [0.25, 0.3) is 0 Å². The van der Waals surface area contributed by atoms with Gasteiger partial charge in [0.1, 0.15) is 17.0 Å². The minimum absolute atomic E-state index is 0.0325. The summed E-state index contributed by atoms with van der Waals surface area (Å²) in [6.45, 7) is 15.5. The van der Waals surface area contributed by atoms with Gasteiger partial charge in [0.2, 0.25) is 8.32 Å². The molecule has 0 aliphatic carbocycles. The lowest BCUT2D eigenvalue weighted by molar-refractivity contribution is -0.384. The van der Waals surface area contributed by atoms with Crippen molar-refractivity contribution in [2.75, 3.05) is 5.32 Å². The average Bonchev–Trinajstić information content (AvgIpc) is 2.36. The van der Waals surface area contributed by atoms with Crippen LogP contribution in [0.4, 0.5) is 16.2 Å².